The highest BCUT2D eigenvalue weighted by Gasteiger charge is 2.33. The van der Waals surface area contributed by atoms with E-state index in [0.717, 1.165) is 26.2 Å². The van der Waals surface area contributed by atoms with Gasteiger partial charge in [0.05, 0.1) is 5.54 Å². The van der Waals surface area contributed by atoms with Crippen LogP contribution in [0.1, 0.15) is 33.6 Å². The van der Waals surface area contributed by atoms with Gasteiger partial charge < -0.3 is 15.8 Å². The van der Waals surface area contributed by atoms with Gasteiger partial charge in [0.2, 0.25) is 0 Å². The minimum Gasteiger partial charge on any atom is -0.409 e. The van der Waals surface area contributed by atoms with E-state index in [1.807, 2.05) is 13.8 Å². The molecule has 0 spiro atoms. The standard InChI is InChI=1S/C12H26N4O/c1-4-5-6-15-7-9-16(10-8-15)12(2,3)11(13)14-17/h17H,4-10H2,1-3H3,(H2,13,14). The summed E-state index contributed by atoms with van der Waals surface area (Å²) in [5, 5.41) is 11.9. The number of unbranched alkanes of at least 4 members (excludes halogenated alkanes) is 1. The van der Waals surface area contributed by atoms with Gasteiger partial charge in [0.15, 0.2) is 5.84 Å². The van der Waals surface area contributed by atoms with Gasteiger partial charge in [-0.3, -0.25) is 4.90 Å². The molecule has 5 heteroatoms. The van der Waals surface area contributed by atoms with Crippen molar-refractivity contribution in [1.29, 1.82) is 0 Å². The summed E-state index contributed by atoms with van der Waals surface area (Å²) in [5.74, 6) is 0.291. The van der Waals surface area contributed by atoms with E-state index < -0.39 is 0 Å². The molecule has 1 rings (SSSR count). The van der Waals surface area contributed by atoms with E-state index in [9.17, 15) is 0 Å². The molecule has 0 atom stereocenters. The highest BCUT2D eigenvalue weighted by molar-refractivity contribution is 5.88. The number of hydrogen-bond donors (Lipinski definition) is 2. The molecule has 1 heterocycles. The highest BCUT2D eigenvalue weighted by Crippen LogP contribution is 2.17. The Morgan fingerprint density at radius 2 is 1.88 bits per heavy atom. The van der Waals surface area contributed by atoms with Crippen LogP contribution in [0.15, 0.2) is 5.16 Å². The van der Waals surface area contributed by atoms with Gasteiger partial charge in [-0.1, -0.05) is 18.5 Å². The lowest BCUT2D eigenvalue weighted by Crippen LogP contribution is -2.59. The zero-order valence-corrected chi connectivity index (χ0v) is 11.3. The van der Waals surface area contributed by atoms with Crippen molar-refractivity contribution in [3.8, 4) is 0 Å². The quantitative estimate of drug-likeness (QED) is 0.326. The van der Waals surface area contributed by atoms with Gasteiger partial charge in [-0.05, 0) is 26.8 Å². The fourth-order valence-corrected chi connectivity index (χ4v) is 2.20. The lowest BCUT2D eigenvalue weighted by atomic mass is 10.00. The number of rotatable bonds is 5. The fourth-order valence-electron chi connectivity index (χ4n) is 2.20. The average molecular weight is 242 g/mol. The molecule has 0 saturated carbocycles. The van der Waals surface area contributed by atoms with Crippen LogP contribution < -0.4 is 5.73 Å². The van der Waals surface area contributed by atoms with E-state index in [4.69, 9.17) is 10.9 Å². The summed E-state index contributed by atoms with van der Waals surface area (Å²) in [4.78, 5) is 4.77. The molecule has 5 nitrogen and oxygen atoms in total. The molecule has 1 aliphatic rings. The summed E-state index contributed by atoms with van der Waals surface area (Å²) in [6.07, 6.45) is 2.51. The summed E-state index contributed by atoms with van der Waals surface area (Å²) in [5.41, 5.74) is 5.39. The molecular formula is C12H26N4O. The van der Waals surface area contributed by atoms with Crippen LogP contribution in [-0.2, 0) is 0 Å². The maximum atomic E-state index is 8.80. The van der Waals surface area contributed by atoms with Crippen molar-refractivity contribution in [2.45, 2.75) is 39.2 Å². The molecule has 0 aromatic carbocycles. The molecule has 0 aromatic rings. The third kappa shape index (κ3) is 3.57. The lowest BCUT2D eigenvalue weighted by Gasteiger charge is -2.43. The predicted octanol–water partition coefficient (Wildman–Crippen LogP) is 0.929. The van der Waals surface area contributed by atoms with E-state index in [1.54, 1.807) is 0 Å². The van der Waals surface area contributed by atoms with Gasteiger partial charge in [-0.25, -0.2) is 0 Å². The second-order valence-corrected chi connectivity index (χ2v) is 5.23. The SMILES string of the molecule is CCCCN1CCN(C(C)(C)C(N)=NO)CC1. The van der Waals surface area contributed by atoms with Crippen molar-refractivity contribution in [2.24, 2.45) is 10.9 Å². The Morgan fingerprint density at radius 3 is 2.35 bits per heavy atom. The Morgan fingerprint density at radius 1 is 1.29 bits per heavy atom. The van der Waals surface area contributed by atoms with E-state index in [2.05, 4.69) is 21.9 Å². The van der Waals surface area contributed by atoms with Crippen molar-refractivity contribution in [1.82, 2.24) is 9.80 Å². The predicted molar refractivity (Wildman–Crippen MR) is 70.4 cm³/mol. The zero-order valence-electron chi connectivity index (χ0n) is 11.3. The summed E-state index contributed by atoms with van der Waals surface area (Å²) in [7, 11) is 0. The molecule has 17 heavy (non-hydrogen) atoms. The first-order valence-corrected chi connectivity index (χ1v) is 6.47. The van der Waals surface area contributed by atoms with Gasteiger partial charge in [-0.15, -0.1) is 0 Å². The second kappa shape index (κ2) is 6.21. The molecule has 0 amide bonds. The Bertz CT molecular complexity index is 257. The third-order valence-corrected chi connectivity index (χ3v) is 3.73. The van der Waals surface area contributed by atoms with Crippen molar-refractivity contribution in [2.75, 3.05) is 32.7 Å². The number of nitrogens with zero attached hydrogens (tertiary/aromatic N) is 3. The van der Waals surface area contributed by atoms with E-state index in [1.165, 1.54) is 19.4 Å². The summed E-state index contributed by atoms with van der Waals surface area (Å²) in [6, 6.07) is 0. The largest absolute Gasteiger partial charge is 0.409 e. The van der Waals surface area contributed by atoms with E-state index >= 15 is 0 Å². The highest BCUT2D eigenvalue weighted by atomic mass is 16.4. The topological polar surface area (TPSA) is 65.1 Å². The Labute approximate surface area is 104 Å². The summed E-state index contributed by atoms with van der Waals surface area (Å²) < 4.78 is 0. The van der Waals surface area contributed by atoms with Crippen LogP contribution in [0.2, 0.25) is 0 Å². The fraction of sp³-hybridized carbons (Fsp3) is 0.917. The van der Waals surface area contributed by atoms with Crippen molar-refractivity contribution >= 4 is 5.84 Å². The van der Waals surface area contributed by atoms with E-state index in [-0.39, 0.29) is 5.54 Å². The van der Waals surface area contributed by atoms with Gasteiger partial charge >= 0.3 is 0 Å². The van der Waals surface area contributed by atoms with Crippen LogP contribution >= 0.6 is 0 Å². The van der Waals surface area contributed by atoms with Crippen LogP contribution in [0.25, 0.3) is 0 Å². The summed E-state index contributed by atoms with van der Waals surface area (Å²) in [6.45, 7) is 11.5. The van der Waals surface area contributed by atoms with E-state index in [0.29, 0.717) is 5.84 Å². The minimum absolute atomic E-state index is 0.291. The Hall–Kier alpha value is -0.810. The number of nitrogens with two attached hydrogens (primary N) is 1. The smallest absolute Gasteiger partial charge is 0.159 e. The maximum absolute atomic E-state index is 8.80. The van der Waals surface area contributed by atoms with Crippen LogP contribution in [0.5, 0.6) is 0 Å². The number of hydrogen-bond acceptors (Lipinski definition) is 4. The summed E-state index contributed by atoms with van der Waals surface area (Å²) >= 11 is 0. The molecule has 0 unspecified atom stereocenters. The second-order valence-electron chi connectivity index (χ2n) is 5.23. The maximum Gasteiger partial charge on any atom is 0.159 e. The average Bonchev–Trinajstić information content (AvgIpc) is 2.35. The van der Waals surface area contributed by atoms with Crippen LogP contribution in [0, 0.1) is 0 Å². The van der Waals surface area contributed by atoms with Gasteiger partial charge in [-0.2, -0.15) is 0 Å². The van der Waals surface area contributed by atoms with Crippen molar-refractivity contribution < 1.29 is 5.21 Å². The first kappa shape index (κ1) is 14.3. The van der Waals surface area contributed by atoms with Gasteiger partial charge in [0.25, 0.3) is 0 Å². The lowest BCUT2D eigenvalue weighted by molar-refractivity contribution is 0.0825. The molecule has 0 bridgehead atoms. The molecule has 3 N–H and O–H groups in total. The Balaban J connectivity index is 2.46. The third-order valence-electron chi connectivity index (χ3n) is 3.73. The number of amidine groups is 1. The molecule has 1 fully saturated rings. The molecule has 100 valence electrons. The molecule has 1 saturated heterocycles. The molecular weight excluding hydrogens is 216 g/mol. The monoisotopic (exact) mass is 242 g/mol. The Kier molecular flexibility index (Phi) is 5.21. The van der Waals surface area contributed by atoms with Crippen LogP contribution in [-0.4, -0.2) is 59.1 Å². The molecule has 0 aliphatic carbocycles. The zero-order chi connectivity index (χ0) is 12.9. The van der Waals surface area contributed by atoms with Crippen molar-refractivity contribution in [3.63, 3.8) is 0 Å². The first-order chi connectivity index (χ1) is 8.02. The molecule has 0 radical (unpaired) electrons. The van der Waals surface area contributed by atoms with Crippen molar-refractivity contribution in [3.05, 3.63) is 0 Å². The van der Waals surface area contributed by atoms with Crippen LogP contribution in [0.4, 0.5) is 0 Å². The van der Waals surface area contributed by atoms with Gasteiger partial charge in [0.1, 0.15) is 0 Å². The number of oxime groups is 1. The van der Waals surface area contributed by atoms with Crippen LogP contribution in [0.3, 0.4) is 0 Å². The first-order valence-electron chi connectivity index (χ1n) is 6.47. The normalized spacial score (nSPS) is 20.8. The molecule has 1 aliphatic heterocycles. The molecule has 0 aromatic heterocycles. The minimum atomic E-state index is -0.356. The van der Waals surface area contributed by atoms with Gasteiger partial charge in [0, 0.05) is 26.2 Å². The number of piperazine rings is 1.